The summed E-state index contributed by atoms with van der Waals surface area (Å²) < 4.78 is 25.4. The number of aromatic nitrogens is 4. The Morgan fingerprint density at radius 3 is 2.70 bits per heavy atom. The molecule has 4 rings (SSSR count). The van der Waals surface area contributed by atoms with Gasteiger partial charge in [-0.2, -0.15) is 0 Å². The highest BCUT2D eigenvalue weighted by Gasteiger charge is 2.16. The first kappa shape index (κ1) is 20.6. The summed E-state index contributed by atoms with van der Waals surface area (Å²) in [5, 5.41) is 6.55. The van der Waals surface area contributed by atoms with Crippen molar-refractivity contribution in [1.29, 1.82) is 0 Å². The highest BCUT2D eigenvalue weighted by Crippen LogP contribution is 2.28. The molecule has 0 radical (unpaired) electrons. The number of nitrogens with zero attached hydrogens (tertiary/aromatic N) is 3. The van der Waals surface area contributed by atoms with Gasteiger partial charge in [-0.25, -0.2) is 23.5 Å². The fourth-order valence-corrected chi connectivity index (χ4v) is 4.69. The summed E-state index contributed by atoms with van der Waals surface area (Å²) in [7, 11) is -3.80. The van der Waals surface area contributed by atoms with Gasteiger partial charge in [0.05, 0.1) is 32.6 Å². The number of hydrogen-bond donors (Lipinski definition) is 2. The minimum atomic E-state index is -3.80. The number of rotatable bonds is 7. The second-order valence-corrected chi connectivity index (χ2v) is 9.42. The number of hydrogen-bond acceptors (Lipinski definition) is 6. The van der Waals surface area contributed by atoms with Crippen molar-refractivity contribution in [3.8, 4) is 0 Å². The van der Waals surface area contributed by atoms with Crippen LogP contribution in [0.3, 0.4) is 0 Å². The molecule has 10 heteroatoms. The highest BCUT2D eigenvalue weighted by atomic mass is 32.2. The topological polar surface area (TPSA) is 124 Å². The number of aromatic amines is 1. The molecule has 30 heavy (non-hydrogen) atoms. The Hall–Kier alpha value is -2.69. The van der Waals surface area contributed by atoms with Gasteiger partial charge in [-0.05, 0) is 36.8 Å². The fraction of sp³-hybridized carbons (Fsp3) is 0.250. The smallest absolute Gasteiger partial charge is 0.258 e. The molecule has 8 nitrogen and oxygen atoms in total. The van der Waals surface area contributed by atoms with Crippen LogP contribution in [0, 0.1) is 0 Å². The van der Waals surface area contributed by atoms with Crippen LogP contribution in [0.1, 0.15) is 25.6 Å². The van der Waals surface area contributed by atoms with Crippen molar-refractivity contribution in [2.75, 3.05) is 0 Å². The molecule has 0 atom stereocenters. The summed E-state index contributed by atoms with van der Waals surface area (Å²) in [5.74, 6) is 0.986. The molecule has 0 fully saturated rings. The van der Waals surface area contributed by atoms with Crippen LogP contribution in [-0.2, 0) is 22.3 Å². The van der Waals surface area contributed by atoms with Gasteiger partial charge >= 0.3 is 0 Å². The van der Waals surface area contributed by atoms with Gasteiger partial charge in [0.15, 0.2) is 5.16 Å². The molecule has 0 amide bonds. The van der Waals surface area contributed by atoms with Crippen LogP contribution in [0.25, 0.3) is 21.9 Å². The average Bonchev–Trinajstić information content (AvgIpc) is 3.07. The molecule has 0 bridgehead atoms. The molecule has 0 aliphatic heterocycles. The second-order valence-electron chi connectivity index (χ2n) is 6.91. The summed E-state index contributed by atoms with van der Waals surface area (Å²) >= 11 is 1.45. The normalized spacial score (nSPS) is 12.1. The molecule has 2 aromatic carbocycles. The summed E-state index contributed by atoms with van der Waals surface area (Å²) in [5.41, 5.74) is 1.89. The minimum absolute atomic E-state index is 0.0345. The largest absolute Gasteiger partial charge is 0.319 e. The maximum Gasteiger partial charge on any atom is 0.258 e. The first-order chi connectivity index (χ1) is 14.4. The molecule has 2 heterocycles. The monoisotopic (exact) mass is 443 g/mol. The lowest BCUT2D eigenvalue weighted by Gasteiger charge is -2.08. The van der Waals surface area contributed by atoms with Crippen LogP contribution in [0.5, 0.6) is 0 Å². The molecule has 0 spiro atoms. The van der Waals surface area contributed by atoms with Crippen molar-refractivity contribution in [3.05, 3.63) is 58.6 Å². The van der Waals surface area contributed by atoms with Crippen molar-refractivity contribution in [1.82, 2.24) is 19.5 Å². The Bertz CT molecular complexity index is 1390. The van der Waals surface area contributed by atoms with E-state index < -0.39 is 10.0 Å². The molecular formula is C20H21N5O3S2. The van der Waals surface area contributed by atoms with Crippen molar-refractivity contribution >= 4 is 43.7 Å². The SMILES string of the molecule is CCCCn1c(SCc2nc3ccccc3c(=O)[nH]2)nc2cc(S(N)(=O)=O)ccc21. The second kappa shape index (κ2) is 8.21. The average molecular weight is 444 g/mol. The molecule has 0 aliphatic carbocycles. The predicted molar refractivity (Wildman–Crippen MR) is 118 cm³/mol. The van der Waals surface area contributed by atoms with Gasteiger partial charge in [0.25, 0.3) is 5.56 Å². The predicted octanol–water partition coefficient (Wildman–Crippen LogP) is 3.01. The van der Waals surface area contributed by atoms with E-state index in [4.69, 9.17) is 5.14 Å². The van der Waals surface area contributed by atoms with Gasteiger partial charge in [0, 0.05) is 6.54 Å². The van der Waals surface area contributed by atoms with Gasteiger partial charge in [-0.3, -0.25) is 4.79 Å². The first-order valence-corrected chi connectivity index (χ1v) is 12.0. The van der Waals surface area contributed by atoms with Crippen molar-refractivity contribution in [2.24, 2.45) is 5.14 Å². The van der Waals surface area contributed by atoms with Crippen LogP contribution >= 0.6 is 11.8 Å². The lowest BCUT2D eigenvalue weighted by atomic mass is 10.2. The number of thioether (sulfide) groups is 1. The van der Waals surface area contributed by atoms with E-state index in [9.17, 15) is 13.2 Å². The number of primary sulfonamides is 1. The maximum absolute atomic E-state index is 12.3. The third-order valence-electron chi connectivity index (χ3n) is 4.75. The number of aryl methyl sites for hydroxylation is 1. The van der Waals surface area contributed by atoms with Gasteiger partial charge in [-0.1, -0.05) is 37.2 Å². The lowest BCUT2D eigenvalue weighted by Crippen LogP contribution is -2.11. The molecule has 2 aromatic heterocycles. The van der Waals surface area contributed by atoms with Crippen LogP contribution in [0.4, 0.5) is 0 Å². The molecular weight excluding hydrogens is 422 g/mol. The quantitative estimate of drug-likeness (QED) is 0.423. The van der Waals surface area contributed by atoms with Crippen LogP contribution in [0.15, 0.2) is 57.3 Å². The number of benzene rings is 2. The number of sulfonamides is 1. The third-order valence-corrected chi connectivity index (χ3v) is 6.65. The summed E-state index contributed by atoms with van der Waals surface area (Å²) in [6.07, 6.45) is 1.97. The minimum Gasteiger partial charge on any atom is -0.319 e. The van der Waals surface area contributed by atoms with E-state index >= 15 is 0 Å². The first-order valence-electron chi connectivity index (χ1n) is 9.50. The van der Waals surface area contributed by atoms with Crippen LogP contribution in [0.2, 0.25) is 0 Å². The van der Waals surface area contributed by atoms with Gasteiger partial charge < -0.3 is 9.55 Å². The van der Waals surface area contributed by atoms with E-state index in [1.54, 1.807) is 18.2 Å². The maximum atomic E-state index is 12.3. The van der Waals surface area contributed by atoms with E-state index in [0.717, 1.165) is 30.1 Å². The van der Waals surface area contributed by atoms with Gasteiger partial charge in [0.1, 0.15) is 5.82 Å². The number of para-hydroxylation sites is 1. The summed E-state index contributed by atoms with van der Waals surface area (Å²) in [6.45, 7) is 2.86. The number of unbranched alkanes of at least 4 members (excludes halogenated alkanes) is 1. The fourth-order valence-electron chi connectivity index (χ4n) is 3.24. The van der Waals surface area contributed by atoms with Gasteiger partial charge in [0.2, 0.25) is 10.0 Å². The molecule has 0 saturated carbocycles. The Labute approximate surface area is 177 Å². The Morgan fingerprint density at radius 1 is 1.13 bits per heavy atom. The van der Waals surface area contributed by atoms with Crippen molar-refractivity contribution < 1.29 is 8.42 Å². The Balaban J connectivity index is 1.69. The number of nitrogens with one attached hydrogen (secondary N) is 1. The number of fused-ring (bicyclic) bond motifs is 2. The number of imidazole rings is 1. The lowest BCUT2D eigenvalue weighted by molar-refractivity contribution is 0.597. The van der Waals surface area contributed by atoms with Crippen molar-refractivity contribution in [3.63, 3.8) is 0 Å². The molecule has 4 aromatic rings. The summed E-state index contributed by atoms with van der Waals surface area (Å²) in [4.78, 5) is 24.3. The standard InChI is InChI=1S/C20H21N5O3S2/c1-2-3-10-25-17-9-8-13(30(21,27)28)11-16(17)23-20(25)29-12-18-22-15-7-5-4-6-14(15)19(26)24-18/h4-9,11H,2-3,10,12H2,1H3,(H2,21,27,28)(H,22,24,26). The Morgan fingerprint density at radius 2 is 1.93 bits per heavy atom. The zero-order chi connectivity index (χ0) is 21.3. The zero-order valence-corrected chi connectivity index (χ0v) is 18.0. The molecule has 156 valence electrons. The van der Waals surface area contributed by atoms with E-state index in [0.29, 0.717) is 28.0 Å². The van der Waals surface area contributed by atoms with E-state index in [1.165, 1.54) is 23.9 Å². The van der Waals surface area contributed by atoms with E-state index in [2.05, 4.69) is 26.4 Å². The highest BCUT2D eigenvalue weighted by molar-refractivity contribution is 7.98. The molecule has 0 saturated heterocycles. The number of nitrogens with two attached hydrogens (primary N) is 1. The molecule has 0 unspecified atom stereocenters. The van der Waals surface area contributed by atoms with Crippen molar-refractivity contribution in [2.45, 2.75) is 42.1 Å². The zero-order valence-electron chi connectivity index (χ0n) is 16.3. The molecule has 3 N–H and O–H groups in total. The van der Waals surface area contributed by atoms with E-state index in [-0.39, 0.29) is 10.5 Å². The van der Waals surface area contributed by atoms with Gasteiger partial charge in [-0.15, -0.1) is 0 Å². The molecule has 0 aliphatic rings. The van der Waals surface area contributed by atoms with E-state index in [1.807, 2.05) is 12.1 Å². The third kappa shape index (κ3) is 4.11. The van der Waals surface area contributed by atoms with Crippen LogP contribution < -0.4 is 10.7 Å². The Kier molecular flexibility index (Phi) is 5.63. The van der Waals surface area contributed by atoms with Crippen LogP contribution in [-0.4, -0.2) is 27.9 Å². The summed E-state index contributed by atoms with van der Waals surface area (Å²) in [6, 6.07) is 11.9. The number of H-pyrrole nitrogens is 1.